The Labute approximate surface area is 483 Å². The summed E-state index contributed by atoms with van der Waals surface area (Å²) in [6.45, 7) is 6.41. The molecule has 6 nitrogen and oxygen atoms in total. The second-order valence-corrected chi connectivity index (χ2v) is 22.0. The van der Waals surface area contributed by atoms with Gasteiger partial charge in [-0.3, -0.25) is 14.4 Å². The molecule has 0 aliphatic carbocycles. The molecule has 0 aromatic carbocycles. The molecule has 78 heavy (non-hydrogen) atoms. The fraction of sp³-hybridized carbons (Fsp3) is 0.736. The van der Waals surface area contributed by atoms with Gasteiger partial charge in [0.15, 0.2) is 6.10 Å². The van der Waals surface area contributed by atoms with E-state index in [1.165, 1.54) is 154 Å². The van der Waals surface area contributed by atoms with Gasteiger partial charge < -0.3 is 14.2 Å². The maximum absolute atomic E-state index is 12.9. The van der Waals surface area contributed by atoms with Crippen LogP contribution in [0, 0.1) is 0 Å². The topological polar surface area (TPSA) is 78.9 Å². The summed E-state index contributed by atoms with van der Waals surface area (Å²) >= 11 is 0. The number of allylic oxidation sites excluding steroid dienone is 16. The molecule has 0 N–H and O–H groups in total. The van der Waals surface area contributed by atoms with Crippen molar-refractivity contribution in [3.05, 3.63) is 97.2 Å². The van der Waals surface area contributed by atoms with Gasteiger partial charge in [-0.25, -0.2) is 0 Å². The van der Waals surface area contributed by atoms with Gasteiger partial charge in [-0.2, -0.15) is 0 Å². The van der Waals surface area contributed by atoms with E-state index in [1.54, 1.807) is 0 Å². The van der Waals surface area contributed by atoms with Crippen molar-refractivity contribution in [1.82, 2.24) is 0 Å². The summed E-state index contributed by atoms with van der Waals surface area (Å²) in [5.41, 5.74) is 0. The second-order valence-electron chi connectivity index (χ2n) is 22.0. The molecule has 1 unspecified atom stereocenters. The molecule has 0 spiro atoms. The van der Waals surface area contributed by atoms with Gasteiger partial charge in [0.1, 0.15) is 13.2 Å². The van der Waals surface area contributed by atoms with Gasteiger partial charge in [0.05, 0.1) is 0 Å². The number of ether oxygens (including phenoxy) is 3. The predicted molar refractivity (Wildman–Crippen MR) is 339 cm³/mol. The minimum atomic E-state index is -0.789. The van der Waals surface area contributed by atoms with Crippen molar-refractivity contribution in [2.24, 2.45) is 0 Å². The van der Waals surface area contributed by atoms with Crippen LogP contribution in [0.2, 0.25) is 0 Å². The Kier molecular flexibility index (Phi) is 62.7. The molecule has 0 amide bonds. The average molecular weight is 1090 g/mol. The molecular formula is C72H124O6. The van der Waals surface area contributed by atoms with Crippen LogP contribution in [0.15, 0.2) is 97.2 Å². The smallest absolute Gasteiger partial charge is 0.306 e. The normalized spacial score (nSPS) is 12.7. The van der Waals surface area contributed by atoms with Gasteiger partial charge in [0.2, 0.25) is 0 Å². The van der Waals surface area contributed by atoms with Crippen molar-refractivity contribution >= 4 is 17.9 Å². The lowest BCUT2D eigenvalue weighted by atomic mass is 10.0. The first-order chi connectivity index (χ1) is 38.5. The number of hydrogen-bond donors (Lipinski definition) is 0. The molecule has 6 heteroatoms. The third-order valence-electron chi connectivity index (χ3n) is 14.3. The summed E-state index contributed by atoms with van der Waals surface area (Å²) in [4.78, 5) is 38.3. The van der Waals surface area contributed by atoms with Crippen LogP contribution in [0.3, 0.4) is 0 Å². The first-order valence-electron chi connectivity index (χ1n) is 33.2. The van der Waals surface area contributed by atoms with Crippen LogP contribution in [0.25, 0.3) is 0 Å². The molecule has 0 aromatic heterocycles. The molecule has 0 rings (SSSR count). The lowest BCUT2D eigenvalue weighted by Gasteiger charge is -2.18. The molecule has 448 valence electrons. The molecule has 0 saturated carbocycles. The van der Waals surface area contributed by atoms with Gasteiger partial charge in [-0.15, -0.1) is 0 Å². The highest BCUT2D eigenvalue weighted by Crippen LogP contribution is 2.17. The van der Waals surface area contributed by atoms with Gasteiger partial charge in [0.25, 0.3) is 0 Å². The third-order valence-corrected chi connectivity index (χ3v) is 14.3. The van der Waals surface area contributed by atoms with Crippen LogP contribution in [0.5, 0.6) is 0 Å². The van der Waals surface area contributed by atoms with Crippen LogP contribution >= 0.6 is 0 Å². The van der Waals surface area contributed by atoms with Gasteiger partial charge >= 0.3 is 17.9 Å². The Morgan fingerprint density at radius 1 is 0.269 bits per heavy atom. The van der Waals surface area contributed by atoms with E-state index in [-0.39, 0.29) is 31.1 Å². The van der Waals surface area contributed by atoms with E-state index in [0.717, 1.165) is 128 Å². The number of unbranched alkanes of at least 4 members (excludes halogenated alkanes) is 33. The van der Waals surface area contributed by atoms with Crippen molar-refractivity contribution in [2.45, 2.75) is 329 Å². The number of carbonyl (C=O) groups is 3. The summed E-state index contributed by atoms with van der Waals surface area (Å²) < 4.78 is 16.9. The Balaban J connectivity index is 4.19. The molecule has 0 bridgehead atoms. The summed E-state index contributed by atoms with van der Waals surface area (Å²) in [6, 6.07) is 0. The van der Waals surface area contributed by atoms with E-state index in [9.17, 15) is 14.4 Å². The molecule has 0 fully saturated rings. The van der Waals surface area contributed by atoms with E-state index >= 15 is 0 Å². The molecule has 0 aliphatic heterocycles. The number of esters is 3. The maximum Gasteiger partial charge on any atom is 0.306 e. The Morgan fingerprint density at radius 3 is 0.795 bits per heavy atom. The Morgan fingerprint density at radius 2 is 0.500 bits per heavy atom. The van der Waals surface area contributed by atoms with Crippen LogP contribution in [-0.2, 0) is 28.6 Å². The number of hydrogen-bond acceptors (Lipinski definition) is 6. The van der Waals surface area contributed by atoms with E-state index < -0.39 is 6.10 Å². The first kappa shape index (κ1) is 74.3. The lowest BCUT2D eigenvalue weighted by molar-refractivity contribution is -0.167. The number of carbonyl (C=O) groups excluding carboxylic acids is 3. The second kappa shape index (κ2) is 65.8. The van der Waals surface area contributed by atoms with Crippen LogP contribution in [0.4, 0.5) is 0 Å². The molecule has 0 radical (unpaired) electrons. The highest BCUT2D eigenvalue weighted by molar-refractivity contribution is 5.71. The molecule has 0 aliphatic rings. The van der Waals surface area contributed by atoms with Gasteiger partial charge in [-0.1, -0.05) is 285 Å². The van der Waals surface area contributed by atoms with Crippen LogP contribution in [0.1, 0.15) is 323 Å². The zero-order valence-corrected chi connectivity index (χ0v) is 51.4. The van der Waals surface area contributed by atoms with Crippen LogP contribution < -0.4 is 0 Å². The largest absolute Gasteiger partial charge is 0.462 e. The van der Waals surface area contributed by atoms with Gasteiger partial charge in [0, 0.05) is 19.3 Å². The predicted octanol–water partition coefficient (Wildman–Crippen LogP) is 22.8. The van der Waals surface area contributed by atoms with E-state index in [2.05, 4.69) is 118 Å². The summed E-state index contributed by atoms with van der Waals surface area (Å²) in [5, 5.41) is 0. The van der Waals surface area contributed by atoms with E-state index in [4.69, 9.17) is 14.2 Å². The monoisotopic (exact) mass is 1080 g/mol. The maximum atomic E-state index is 12.9. The van der Waals surface area contributed by atoms with Crippen molar-refractivity contribution in [3.8, 4) is 0 Å². The fourth-order valence-corrected chi connectivity index (χ4v) is 9.39. The lowest BCUT2D eigenvalue weighted by Crippen LogP contribution is -2.30. The molecule has 0 saturated heterocycles. The van der Waals surface area contributed by atoms with Crippen molar-refractivity contribution < 1.29 is 28.6 Å². The summed E-state index contributed by atoms with van der Waals surface area (Å²) in [7, 11) is 0. The van der Waals surface area contributed by atoms with Crippen molar-refractivity contribution in [1.29, 1.82) is 0 Å². The van der Waals surface area contributed by atoms with E-state index in [0.29, 0.717) is 19.3 Å². The standard InChI is InChI=1S/C72H124O6/c1-4-7-10-13-16-19-22-25-28-29-30-31-32-33-34-35-36-37-38-39-40-41-42-43-45-47-50-53-56-59-62-65-71(74)77-68-69(67-76-70(73)64-61-58-55-52-49-46-27-24-21-18-15-12-9-6-3)78-72(75)66-63-60-57-54-51-48-44-26-23-20-17-14-11-8-5-2/h7-8,10-11,16-17,19-20,24-28,30-31,44,69H,4-6,9,12-15,18,21-23,29,32-43,45-68H2,1-3H3/b10-7-,11-8-,19-16-,20-17-,27-24-,28-25-,31-30-,44-26-. The highest BCUT2D eigenvalue weighted by Gasteiger charge is 2.19. The minimum absolute atomic E-state index is 0.0843. The molecule has 0 heterocycles. The quantitative estimate of drug-likeness (QED) is 0.0261. The molecule has 0 aromatic rings. The van der Waals surface area contributed by atoms with Crippen molar-refractivity contribution in [2.75, 3.05) is 13.2 Å². The first-order valence-corrected chi connectivity index (χ1v) is 33.2. The Bertz CT molecular complexity index is 1530. The fourth-order valence-electron chi connectivity index (χ4n) is 9.39. The summed E-state index contributed by atoms with van der Waals surface area (Å²) in [5.74, 6) is -0.898. The number of rotatable bonds is 60. The zero-order valence-electron chi connectivity index (χ0n) is 51.4. The SMILES string of the molecule is CC/C=C\C/C=C\C/C=C\C/C=C\CCCCCCCCCCCCCCCCCCCCC(=O)OCC(COC(=O)CCCCCCC/C=C\CCCCCCC)OC(=O)CCCCCCC/C=C\C/C=C\C/C=C\CC. The minimum Gasteiger partial charge on any atom is -0.462 e. The van der Waals surface area contributed by atoms with Gasteiger partial charge in [-0.05, 0) is 116 Å². The Hall–Kier alpha value is -3.67. The van der Waals surface area contributed by atoms with E-state index in [1.807, 2.05) is 0 Å². The third kappa shape index (κ3) is 63.2. The molecule has 1 atom stereocenters. The van der Waals surface area contributed by atoms with Crippen molar-refractivity contribution in [3.63, 3.8) is 0 Å². The zero-order chi connectivity index (χ0) is 56.4. The van der Waals surface area contributed by atoms with Crippen LogP contribution in [-0.4, -0.2) is 37.2 Å². The molecular weight excluding hydrogens is 961 g/mol. The average Bonchev–Trinajstić information content (AvgIpc) is 3.44. The highest BCUT2D eigenvalue weighted by atomic mass is 16.6. The summed E-state index contributed by atoms with van der Waals surface area (Å²) in [6.07, 6.45) is 88.6.